The molecule has 0 aromatic carbocycles. The van der Waals surface area contributed by atoms with Crippen LogP contribution in [0.1, 0.15) is 59.3 Å². The van der Waals surface area contributed by atoms with E-state index in [1.165, 1.54) is 25.7 Å². The van der Waals surface area contributed by atoms with Gasteiger partial charge in [0.2, 0.25) is 0 Å². The van der Waals surface area contributed by atoms with E-state index in [-0.39, 0.29) is 0 Å². The van der Waals surface area contributed by atoms with Gasteiger partial charge in [-0.15, -0.1) is 11.8 Å². The molecule has 0 N–H and O–H groups in total. The van der Waals surface area contributed by atoms with Crippen LogP contribution in [0, 0.1) is 17.3 Å². The van der Waals surface area contributed by atoms with Crippen LogP contribution < -0.4 is 0 Å². The molecule has 2 saturated carbocycles. The van der Waals surface area contributed by atoms with E-state index in [0.29, 0.717) is 10.2 Å². The molecule has 2 heterocycles. The lowest BCUT2D eigenvalue weighted by molar-refractivity contribution is 0.130. The van der Waals surface area contributed by atoms with Gasteiger partial charge in [0, 0.05) is 20.5 Å². The third-order valence-electron chi connectivity index (χ3n) is 5.88. The first-order valence-corrected chi connectivity index (χ1v) is 9.62. The molecular formula is C16H26S2. The maximum Gasteiger partial charge on any atom is 0.0261 e. The van der Waals surface area contributed by atoms with Gasteiger partial charge >= 0.3 is 0 Å². The van der Waals surface area contributed by atoms with Crippen molar-refractivity contribution in [1.29, 1.82) is 0 Å². The largest absolute Gasteiger partial charge is 0.153 e. The molecule has 5 atom stereocenters. The summed E-state index contributed by atoms with van der Waals surface area (Å²) in [4.78, 5) is 0. The molecule has 0 aromatic heterocycles. The van der Waals surface area contributed by atoms with Gasteiger partial charge in [0.05, 0.1) is 0 Å². The molecule has 4 fully saturated rings. The Morgan fingerprint density at radius 3 is 2.28 bits per heavy atom. The van der Waals surface area contributed by atoms with E-state index in [2.05, 4.69) is 44.3 Å². The van der Waals surface area contributed by atoms with E-state index >= 15 is 0 Å². The summed E-state index contributed by atoms with van der Waals surface area (Å²) in [5.41, 5.74) is 0.601. The number of rotatable bonds is 1. The van der Waals surface area contributed by atoms with Gasteiger partial charge in [0.25, 0.3) is 0 Å². The summed E-state index contributed by atoms with van der Waals surface area (Å²) >= 11 is 4.59. The highest BCUT2D eigenvalue weighted by Gasteiger charge is 2.62. The standard InChI is InChI=1S/C16H26S2/c1-15(2)8-11(14-16(3,9-15)18-14)10-4-6-12-13(17-12)7-5-10/h10-14H,4-9H2,1-3H3. The van der Waals surface area contributed by atoms with Gasteiger partial charge in [-0.3, -0.25) is 0 Å². The highest BCUT2D eigenvalue weighted by Crippen LogP contribution is 2.69. The fraction of sp³-hybridized carbons (Fsp3) is 1.00. The van der Waals surface area contributed by atoms with Crippen molar-refractivity contribution in [2.45, 2.75) is 79.8 Å². The van der Waals surface area contributed by atoms with E-state index in [9.17, 15) is 0 Å². The summed E-state index contributed by atoms with van der Waals surface area (Å²) in [5, 5.41) is 3.17. The summed E-state index contributed by atoms with van der Waals surface area (Å²) in [7, 11) is 0. The molecule has 2 aliphatic heterocycles. The van der Waals surface area contributed by atoms with Gasteiger partial charge in [-0.1, -0.05) is 13.8 Å². The molecule has 0 bridgehead atoms. The average Bonchev–Trinajstić information content (AvgIpc) is 3.07. The average molecular weight is 283 g/mol. The first-order chi connectivity index (χ1) is 8.47. The lowest BCUT2D eigenvalue weighted by atomic mass is 9.63. The normalized spacial score (nSPS) is 57.2. The molecule has 2 heteroatoms. The minimum atomic E-state index is 0.601. The molecule has 4 aliphatic rings. The number of hydrogen-bond donors (Lipinski definition) is 0. The smallest absolute Gasteiger partial charge is 0.0261 e. The zero-order chi connectivity index (χ0) is 12.5. The minimum absolute atomic E-state index is 0.601. The SMILES string of the molecule is CC1(C)CC(C2CCC3SC3CC2)C2SC2(C)C1. The van der Waals surface area contributed by atoms with E-state index in [4.69, 9.17) is 0 Å². The lowest BCUT2D eigenvalue weighted by Gasteiger charge is -2.40. The Morgan fingerprint density at radius 2 is 1.61 bits per heavy atom. The van der Waals surface area contributed by atoms with Gasteiger partial charge < -0.3 is 0 Å². The summed E-state index contributed by atoms with van der Waals surface area (Å²) in [6.45, 7) is 7.58. The molecule has 18 heavy (non-hydrogen) atoms. The Labute approximate surface area is 120 Å². The topological polar surface area (TPSA) is 0 Å². The van der Waals surface area contributed by atoms with Gasteiger partial charge in [0.15, 0.2) is 0 Å². The van der Waals surface area contributed by atoms with Crippen molar-refractivity contribution in [2.24, 2.45) is 17.3 Å². The third-order valence-corrected chi connectivity index (χ3v) is 9.20. The monoisotopic (exact) mass is 282 g/mol. The molecule has 2 saturated heterocycles. The van der Waals surface area contributed by atoms with Gasteiger partial charge in [-0.2, -0.15) is 11.8 Å². The van der Waals surface area contributed by atoms with Crippen molar-refractivity contribution in [3.05, 3.63) is 0 Å². The second-order valence-electron chi connectivity index (χ2n) is 8.19. The Bertz CT molecular complexity index is 349. The van der Waals surface area contributed by atoms with Crippen molar-refractivity contribution in [1.82, 2.24) is 0 Å². The minimum Gasteiger partial charge on any atom is -0.153 e. The van der Waals surface area contributed by atoms with E-state index in [0.717, 1.165) is 27.6 Å². The Morgan fingerprint density at radius 1 is 0.944 bits per heavy atom. The number of thioether (sulfide) groups is 2. The molecule has 0 nitrogen and oxygen atoms in total. The van der Waals surface area contributed by atoms with Crippen LogP contribution in [0.25, 0.3) is 0 Å². The van der Waals surface area contributed by atoms with Crippen molar-refractivity contribution < 1.29 is 0 Å². The first-order valence-electron chi connectivity index (χ1n) is 7.80. The molecule has 0 aromatic rings. The van der Waals surface area contributed by atoms with Crippen LogP contribution in [0.2, 0.25) is 0 Å². The Balaban J connectivity index is 1.50. The van der Waals surface area contributed by atoms with E-state index in [1.54, 1.807) is 12.8 Å². The fourth-order valence-corrected chi connectivity index (χ4v) is 8.05. The maximum absolute atomic E-state index is 2.54. The van der Waals surface area contributed by atoms with Gasteiger partial charge in [-0.05, 0) is 62.7 Å². The maximum atomic E-state index is 2.54. The van der Waals surface area contributed by atoms with Crippen LogP contribution in [0.5, 0.6) is 0 Å². The lowest BCUT2D eigenvalue weighted by Crippen LogP contribution is -2.38. The zero-order valence-electron chi connectivity index (χ0n) is 11.9. The number of fused-ring (bicyclic) bond motifs is 2. The first kappa shape index (κ1) is 12.4. The second-order valence-corrected chi connectivity index (χ2v) is 11.3. The zero-order valence-corrected chi connectivity index (χ0v) is 13.6. The van der Waals surface area contributed by atoms with Crippen molar-refractivity contribution in [3.8, 4) is 0 Å². The van der Waals surface area contributed by atoms with Gasteiger partial charge in [0.1, 0.15) is 0 Å². The van der Waals surface area contributed by atoms with Crippen molar-refractivity contribution in [3.63, 3.8) is 0 Å². The van der Waals surface area contributed by atoms with Crippen LogP contribution in [0.15, 0.2) is 0 Å². The van der Waals surface area contributed by atoms with Gasteiger partial charge in [-0.25, -0.2) is 0 Å². The molecule has 4 rings (SSSR count). The molecule has 5 unspecified atom stereocenters. The van der Waals surface area contributed by atoms with E-state index < -0.39 is 0 Å². The second kappa shape index (κ2) is 3.87. The van der Waals surface area contributed by atoms with Crippen LogP contribution in [-0.2, 0) is 0 Å². The molecule has 0 radical (unpaired) electrons. The molecule has 0 spiro atoms. The quantitative estimate of drug-likeness (QED) is 0.623. The summed E-state index contributed by atoms with van der Waals surface area (Å²) < 4.78 is 0.663. The highest BCUT2D eigenvalue weighted by atomic mass is 32.2. The highest BCUT2D eigenvalue weighted by molar-refractivity contribution is 8.08. The van der Waals surface area contributed by atoms with Crippen LogP contribution in [0.4, 0.5) is 0 Å². The van der Waals surface area contributed by atoms with Crippen LogP contribution in [-0.4, -0.2) is 20.5 Å². The summed E-state index contributed by atoms with van der Waals surface area (Å²) in [6.07, 6.45) is 9.12. The predicted molar refractivity (Wildman–Crippen MR) is 83.4 cm³/mol. The summed E-state index contributed by atoms with van der Waals surface area (Å²) in [5.74, 6) is 2.11. The Kier molecular flexibility index (Phi) is 2.68. The van der Waals surface area contributed by atoms with Crippen molar-refractivity contribution in [2.75, 3.05) is 0 Å². The molecule has 102 valence electrons. The summed E-state index contributed by atoms with van der Waals surface area (Å²) in [6, 6.07) is 0. The van der Waals surface area contributed by atoms with E-state index in [1.807, 2.05) is 0 Å². The molecule has 0 amide bonds. The van der Waals surface area contributed by atoms with Crippen LogP contribution in [0.3, 0.4) is 0 Å². The Hall–Kier alpha value is 0.700. The number of hydrogen-bond acceptors (Lipinski definition) is 2. The van der Waals surface area contributed by atoms with Crippen molar-refractivity contribution >= 4 is 23.5 Å². The van der Waals surface area contributed by atoms with Crippen LogP contribution >= 0.6 is 23.5 Å². The predicted octanol–water partition coefficient (Wildman–Crippen LogP) is 4.97. The molecule has 2 aliphatic carbocycles. The molecular weight excluding hydrogens is 256 g/mol. The fourth-order valence-electron chi connectivity index (χ4n) is 5.14. The third kappa shape index (κ3) is 2.06.